The van der Waals surface area contributed by atoms with Crippen molar-refractivity contribution in [2.45, 2.75) is 38.5 Å². The molecule has 2 aromatic heterocycles. The Morgan fingerprint density at radius 1 is 1.11 bits per heavy atom. The van der Waals surface area contributed by atoms with E-state index < -0.39 is 11.7 Å². The highest BCUT2D eigenvalue weighted by atomic mass is 19.4. The second kappa shape index (κ2) is 10.2. The minimum atomic E-state index is -4.37. The van der Waals surface area contributed by atoms with Gasteiger partial charge in [0.25, 0.3) is 5.91 Å². The van der Waals surface area contributed by atoms with Crippen molar-refractivity contribution in [1.29, 1.82) is 0 Å². The molecule has 0 bridgehead atoms. The van der Waals surface area contributed by atoms with Crippen molar-refractivity contribution in [2.75, 3.05) is 13.1 Å². The van der Waals surface area contributed by atoms with Gasteiger partial charge in [0.1, 0.15) is 6.26 Å². The lowest BCUT2D eigenvalue weighted by Crippen LogP contribution is -2.27. The van der Waals surface area contributed by atoms with E-state index in [1.807, 2.05) is 24.4 Å². The van der Waals surface area contributed by atoms with Gasteiger partial charge in [0.15, 0.2) is 5.69 Å². The van der Waals surface area contributed by atoms with E-state index >= 15 is 0 Å². The first-order chi connectivity index (χ1) is 17.3. The van der Waals surface area contributed by atoms with Crippen LogP contribution in [0.3, 0.4) is 0 Å². The number of aromatic amines is 1. The molecule has 0 saturated heterocycles. The van der Waals surface area contributed by atoms with Gasteiger partial charge in [-0.15, -0.1) is 0 Å². The molecule has 9 heteroatoms. The van der Waals surface area contributed by atoms with Crippen LogP contribution < -0.4 is 5.32 Å². The molecular formula is C27H27F3N4O2. The second-order valence-electron chi connectivity index (χ2n) is 9.29. The van der Waals surface area contributed by atoms with Crippen molar-refractivity contribution < 1.29 is 22.4 Å². The van der Waals surface area contributed by atoms with Gasteiger partial charge in [-0.25, -0.2) is 4.98 Å². The lowest BCUT2D eigenvalue weighted by atomic mass is 10.1. The van der Waals surface area contributed by atoms with Gasteiger partial charge in [0, 0.05) is 36.7 Å². The highest BCUT2D eigenvalue weighted by Gasteiger charge is 2.30. The van der Waals surface area contributed by atoms with Crippen LogP contribution in [0.25, 0.3) is 10.9 Å². The number of fused-ring (bicyclic) bond motifs is 1. The Kier molecular flexibility index (Phi) is 6.82. The second-order valence-corrected chi connectivity index (χ2v) is 9.29. The molecule has 0 aliphatic heterocycles. The zero-order chi connectivity index (χ0) is 25.1. The molecule has 2 N–H and O–H groups in total. The summed E-state index contributed by atoms with van der Waals surface area (Å²) >= 11 is 0. The van der Waals surface area contributed by atoms with Crippen LogP contribution in [0.5, 0.6) is 0 Å². The number of rotatable bonds is 10. The van der Waals surface area contributed by atoms with Gasteiger partial charge in [-0.05, 0) is 54.5 Å². The number of nitrogens with one attached hydrogen (secondary N) is 2. The third-order valence-electron chi connectivity index (χ3n) is 6.45. The summed E-state index contributed by atoms with van der Waals surface area (Å²) in [6.45, 7) is 1.99. The maximum atomic E-state index is 13.0. The number of benzene rings is 2. The number of carbonyl (C=O) groups is 1. The number of hydrogen-bond acceptors (Lipinski definition) is 4. The molecule has 0 radical (unpaired) electrons. The Balaban J connectivity index is 1.29. The van der Waals surface area contributed by atoms with Crippen LogP contribution in [0.2, 0.25) is 0 Å². The molecule has 6 nitrogen and oxygen atoms in total. The van der Waals surface area contributed by atoms with E-state index in [1.165, 1.54) is 18.4 Å². The largest absolute Gasteiger partial charge is 0.447 e. The molecule has 0 unspecified atom stereocenters. The zero-order valence-electron chi connectivity index (χ0n) is 19.6. The SMILES string of the molecule is O=C(NCC1CC1)c1coc(CN(CCc2c[nH]c3ccccc23)Cc2ccc(C(F)(F)F)cc2)n1. The van der Waals surface area contributed by atoms with Crippen LogP contribution in [0, 0.1) is 5.92 Å². The molecule has 188 valence electrons. The molecule has 2 aromatic carbocycles. The average Bonchev–Trinajstić information content (AvgIpc) is 3.42. The molecule has 0 atom stereocenters. The molecule has 1 saturated carbocycles. The van der Waals surface area contributed by atoms with Crippen molar-refractivity contribution in [3.8, 4) is 0 Å². The molecular weight excluding hydrogens is 469 g/mol. The van der Waals surface area contributed by atoms with E-state index in [4.69, 9.17) is 4.42 Å². The number of nitrogens with zero attached hydrogens (tertiary/aromatic N) is 2. The van der Waals surface area contributed by atoms with Crippen molar-refractivity contribution in [2.24, 2.45) is 5.92 Å². The van der Waals surface area contributed by atoms with Crippen LogP contribution in [-0.2, 0) is 25.7 Å². The first-order valence-corrected chi connectivity index (χ1v) is 12.0. The maximum Gasteiger partial charge on any atom is 0.416 e. The number of amides is 1. The summed E-state index contributed by atoms with van der Waals surface area (Å²) in [7, 11) is 0. The number of halogens is 3. The molecule has 1 aliphatic rings. The quantitative estimate of drug-likeness (QED) is 0.302. The standard InChI is InChI=1S/C27H27F3N4O2/c28-27(29,30)21-9-7-19(8-10-21)15-34(12-11-20-14-31-23-4-2-1-3-22(20)23)16-25-33-24(17-36-25)26(35)32-13-18-5-6-18/h1-4,7-10,14,17-18,31H,5-6,11-13,15-16H2,(H,32,35). The topological polar surface area (TPSA) is 74.2 Å². The Bertz CT molecular complexity index is 1320. The van der Waals surface area contributed by atoms with E-state index in [0.717, 1.165) is 53.4 Å². The van der Waals surface area contributed by atoms with Crippen LogP contribution in [0.1, 0.15) is 45.9 Å². The first-order valence-electron chi connectivity index (χ1n) is 12.0. The van der Waals surface area contributed by atoms with Crippen LogP contribution >= 0.6 is 0 Å². The normalized spacial score (nSPS) is 14.0. The number of para-hydroxylation sites is 1. The van der Waals surface area contributed by atoms with Crippen molar-refractivity contribution in [1.82, 2.24) is 20.2 Å². The van der Waals surface area contributed by atoms with Crippen molar-refractivity contribution in [3.63, 3.8) is 0 Å². The predicted molar refractivity (Wildman–Crippen MR) is 129 cm³/mol. The number of H-pyrrole nitrogens is 1. The summed E-state index contributed by atoms with van der Waals surface area (Å²) < 4.78 is 44.5. The number of alkyl halides is 3. The fourth-order valence-corrected chi connectivity index (χ4v) is 4.22. The smallest absolute Gasteiger partial charge is 0.416 e. The Hall–Kier alpha value is -3.59. The molecule has 1 fully saturated rings. The van der Waals surface area contributed by atoms with Gasteiger partial charge >= 0.3 is 6.18 Å². The van der Waals surface area contributed by atoms with Crippen LogP contribution in [0.15, 0.2) is 65.4 Å². The number of hydrogen-bond donors (Lipinski definition) is 2. The van der Waals surface area contributed by atoms with Crippen molar-refractivity contribution in [3.05, 3.63) is 89.3 Å². The fraction of sp³-hybridized carbons (Fsp3) is 0.333. The van der Waals surface area contributed by atoms with E-state index in [1.54, 1.807) is 0 Å². The number of carbonyl (C=O) groups excluding carboxylic acids is 1. The third-order valence-corrected chi connectivity index (χ3v) is 6.45. The Morgan fingerprint density at radius 3 is 2.64 bits per heavy atom. The molecule has 0 spiro atoms. The van der Waals surface area contributed by atoms with Gasteiger partial charge < -0.3 is 14.7 Å². The van der Waals surface area contributed by atoms with Crippen molar-refractivity contribution >= 4 is 16.8 Å². The molecule has 2 heterocycles. The molecule has 1 amide bonds. The molecule has 1 aliphatic carbocycles. The average molecular weight is 497 g/mol. The monoisotopic (exact) mass is 496 g/mol. The molecule has 36 heavy (non-hydrogen) atoms. The summed E-state index contributed by atoms with van der Waals surface area (Å²) in [5, 5.41) is 4.01. The van der Waals surface area contributed by atoms with Crippen LogP contribution in [0.4, 0.5) is 13.2 Å². The first kappa shape index (κ1) is 24.1. The summed E-state index contributed by atoms with van der Waals surface area (Å²) in [5.74, 6) is 0.687. The third kappa shape index (κ3) is 5.96. The van der Waals surface area contributed by atoms with Gasteiger partial charge in [0.2, 0.25) is 5.89 Å². The zero-order valence-corrected chi connectivity index (χ0v) is 19.6. The lowest BCUT2D eigenvalue weighted by molar-refractivity contribution is -0.137. The molecule has 4 aromatic rings. The highest BCUT2D eigenvalue weighted by molar-refractivity contribution is 5.91. The summed E-state index contributed by atoms with van der Waals surface area (Å²) in [5.41, 5.74) is 2.51. The minimum absolute atomic E-state index is 0.233. The van der Waals surface area contributed by atoms with E-state index in [2.05, 4.69) is 26.3 Å². The highest BCUT2D eigenvalue weighted by Crippen LogP contribution is 2.29. The van der Waals surface area contributed by atoms with Crippen LogP contribution in [-0.4, -0.2) is 33.9 Å². The lowest BCUT2D eigenvalue weighted by Gasteiger charge is -2.21. The summed E-state index contributed by atoms with van der Waals surface area (Å²) in [4.78, 5) is 22.0. The van der Waals surface area contributed by atoms with E-state index in [9.17, 15) is 18.0 Å². The van der Waals surface area contributed by atoms with E-state index in [0.29, 0.717) is 38.0 Å². The van der Waals surface area contributed by atoms with Gasteiger partial charge in [-0.3, -0.25) is 9.69 Å². The van der Waals surface area contributed by atoms with Gasteiger partial charge in [0.05, 0.1) is 12.1 Å². The summed E-state index contributed by atoms with van der Waals surface area (Å²) in [6.07, 6.45) is 1.96. The predicted octanol–water partition coefficient (Wildman–Crippen LogP) is 5.56. The van der Waals surface area contributed by atoms with Gasteiger partial charge in [-0.1, -0.05) is 30.3 Å². The van der Waals surface area contributed by atoms with Gasteiger partial charge in [-0.2, -0.15) is 13.2 Å². The summed E-state index contributed by atoms with van der Waals surface area (Å²) in [6, 6.07) is 13.2. The van der Waals surface area contributed by atoms with E-state index in [-0.39, 0.29) is 11.6 Å². The molecule has 5 rings (SSSR count). The minimum Gasteiger partial charge on any atom is -0.447 e. The number of oxazole rings is 1. The maximum absolute atomic E-state index is 13.0. The number of aromatic nitrogens is 2. The Morgan fingerprint density at radius 2 is 1.89 bits per heavy atom. The Labute approximate surface area is 206 Å². The fourth-order valence-electron chi connectivity index (χ4n) is 4.22.